The second-order valence-electron chi connectivity index (χ2n) is 3.46. The summed E-state index contributed by atoms with van der Waals surface area (Å²) in [4.78, 5) is 0. The van der Waals surface area contributed by atoms with Gasteiger partial charge in [-0.1, -0.05) is 6.07 Å². The summed E-state index contributed by atoms with van der Waals surface area (Å²) in [6.45, 7) is 0.737. The van der Waals surface area contributed by atoms with Crippen molar-refractivity contribution in [2.45, 2.75) is 13.1 Å². The zero-order valence-corrected chi connectivity index (χ0v) is 9.27. The number of ether oxygens (including phenoxy) is 1. The van der Waals surface area contributed by atoms with E-state index in [9.17, 15) is 13.2 Å². The standard InChI is InChI=1S/C10H14F3N3O/c1-7-2-3-9(17-5-10(11,12)13)8(4-7)15-6-16-14/h2-4,15-16H,5-6,14H2,1H3. The molecule has 0 atom stereocenters. The highest BCUT2D eigenvalue weighted by atomic mass is 19.4. The van der Waals surface area contributed by atoms with Crippen LogP contribution in [0.2, 0.25) is 0 Å². The van der Waals surface area contributed by atoms with E-state index >= 15 is 0 Å². The van der Waals surface area contributed by atoms with E-state index in [1.807, 2.05) is 6.92 Å². The minimum Gasteiger partial charge on any atom is -0.482 e. The molecule has 0 amide bonds. The second-order valence-corrected chi connectivity index (χ2v) is 3.46. The smallest absolute Gasteiger partial charge is 0.422 e. The summed E-state index contributed by atoms with van der Waals surface area (Å²) in [5.41, 5.74) is 3.72. The van der Waals surface area contributed by atoms with E-state index in [4.69, 9.17) is 10.6 Å². The SMILES string of the molecule is Cc1ccc(OCC(F)(F)F)c(NCNN)c1. The molecule has 7 heteroatoms. The molecule has 4 N–H and O–H groups in total. The number of halogens is 3. The Labute approximate surface area is 96.9 Å². The molecule has 1 rings (SSSR count). The van der Waals surface area contributed by atoms with Crippen LogP contribution in [0.25, 0.3) is 0 Å². The molecular formula is C10H14F3N3O. The second kappa shape index (κ2) is 5.74. The maximum atomic E-state index is 12.0. The Bertz CT molecular complexity index is 368. The van der Waals surface area contributed by atoms with Gasteiger partial charge in [-0.3, -0.25) is 5.84 Å². The Balaban J connectivity index is 2.75. The van der Waals surface area contributed by atoms with Crippen molar-refractivity contribution in [1.82, 2.24) is 5.43 Å². The average Bonchev–Trinajstić information content (AvgIpc) is 2.23. The number of hydrazine groups is 1. The first kappa shape index (κ1) is 13.6. The molecule has 0 aliphatic rings. The van der Waals surface area contributed by atoms with Gasteiger partial charge in [-0.25, -0.2) is 5.43 Å². The topological polar surface area (TPSA) is 59.3 Å². The molecule has 17 heavy (non-hydrogen) atoms. The van der Waals surface area contributed by atoms with E-state index in [0.717, 1.165) is 5.56 Å². The molecule has 0 spiro atoms. The number of alkyl halides is 3. The van der Waals surface area contributed by atoms with Gasteiger partial charge < -0.3 is 10.1 Å². The van der Waals surface area contributed by atoms with Crippen LogP contribution in [0.5, 0.6) is 5.75 Å². The van der Waals surface area contributed by atoms with Crippen LogP contribution >= 0.6 is 0 Å². The third-order valence-electron chi connectivity index (χ3n) is 1.91. The molecule has 96 valence electrons. The zero-order chi connectivity index (χ0) is 12.9. The average molecular weight is 249 g/mol. The highest BCUT2D eigenvalue weighted by Crippen LogP contribution is 2.27. The van der Waals surface area contributed by atoms with Crippen molar-refractivity contribution >= 4 is 5.69 Å². The van der Waals surface area contributed by atoms with Gasteiger partial charge in [0.25, 0.3) is 0 Å². The van der Waals surface area contributed by atoms with Crippen molar-refractivity contribution in [2.75, 3.05) is 18.6 Å². The maximum absolute atomic E-state index is 12.0. The molecule has 0 heterocycles. The minimum absolute atomic E-state index is 0.142. The first-order valence-electron chi connectivity index (χ1n) is 4.90. The lowest BCUT2D eigenvalue weighted by Crippen LogP contribution is -2.28. The van der Waals surface area contributed by atoms with Crippen LogP contribution in [-0.2, 0) is 0 Å². The van der Waals surface area contributed by atoms with Crippen LogP contribution in [0.1, 0.15) is 5.56 Å². The molecule has 0 fully saturated rings. The largest absolute Gasteiger partial charge is 0.482 e. The predicted octanol–water partition coefficient (Wildman–Crippen LogP) is 1.77. The summed E-state index contributed by atoms with van der Waals surface area (Å²) < 4.78 is 40.8. The van der Waals surface area contributed by atoms with Gasteiger partial charge in [0, 0.05) is 0 Å². The number of nitrogens with one attached hydrogen (secondary N) is 2. The number of hydrogen-bond acceptors (Lipinski definition) is 4. The number of nitrogens with two attached hydrogens (primary N) is 1. The third-order valence-corrected chi connectivity index (χ3v) is 1.91. The number of anilines is 1. The van der Waals surface area contributed by atoms with Crippen LogP contribution in [0.3, 0.4) is 0 Å². The summed E-state index contributed by atoms with van der Waals surface area (Å²) in [5, 5.41) is 2.81. The number of benzene rings is 1. The minimum atomic E-state index is -4.35. The van der Waals surface area contributed by atoms with Gasteiger partial charge in [0.05, 0.1) is 12.4 Å². The van der Waals surface area contributed by atoms with E-state index in [-0.39, 0.29) is 12.4 Å². The fourth-order valence-electron chi connectivity index (χ4n) is 1.21. The Morgan fingerprint density at radius 2 is 2.06 bits per heavy atom. The quantitative estimate of drug-likeness (QED) is 0.423. The van der Waals surface area contributed by atoms with Crippen LogP contribution < -0.4 is 21.3 Å². The molecule has 1 aromatic carbocycles. The summed E-state index contributed by atoms with van der Waals surface area (Å²) in [7, 11) is 0. The Hall–Kier alpha value is -1.47. The van der Waals surface area contributed by atoms with Gasteiger partial charge >= 0.3 is 6.18 Å². The number of hydrogen-bond donors (Lipinski definition) is 3. The van der Waals surface area contributed by atoms with E-state index < -0.39 is 12.8 Å². The van der Waals surface area contributed by atoms with Crippen LogP contribution in [0.15, 0.2) is 18.2 Å². The molecule has 0 unspecified atom stereocenters. The predicted molar refractivity (Wildman–Crippen MR) is 58.5 cm³/mol. The van der Waals surface area contributed by atoms with Crippen molar-refractivity contribution in [1.29, 1.82) is 0 Å². The molecule has 0 bridgehead atoms. The molecule has 1 aromatic rings. The lowest BCUT2D eigenvalue weighted by Gasteiger charge is -2.14. The van der Waals surface area contributed by atoms with Gasteiger partial charge in [0.15, 0.2) is 6.61 Å². The molecule has 0 aliphatic heterocycles. The normalized spacial score (nSPS) is 11.4. The van der Waals surface area contributed by atoms with Crippen molar-refractivity contribution < 1.29 is 17.9 Å². The van der Waals surface area contributed by atoms with Gasteiger partial charge in [0.1, 0.15) is 5.75 Å². The molecule has 4 nitrogen and oxygen atoms in total. The molecular weight excluding hydrogens is 235 g/mol. The third kappa shape index (κ3) is 4.92. The zero-order valence-electron chi connectivity index (χ0n) is 9.27. The summed E-state index contributed by atoms with van der Waals surface area (Å²) >= 11 is 0. The Kier molecular flexibility index (Phi) is 4.59. The summed E-state index contributed by atoms with van der Waals surface area (Å²) in [6.07, 6.45) is -4.35. The Morgan fingerprint density at radius 1 is 1.35 bits per heavy atom. The van der Waals surface area contributed by atoms with Crippen LogP contribution in [-0.4, -0.2) is 19.5 Å². The van der Waals surface area contributed by atoms with Gasteiger partial charge in [-0.05, 0) is 24.6 Å². The number of aryl methyl sites for hydroxylation is 1. The summed E-state index contributed by atoms with van der Waals surface area (Å²) in [5.74, 6) is 5.22. The van der Waals surface area contributed by atoms with Gasteiger partial charge in [0.2, 0.25) is 0 Å². The van der Waals surface area contributed by atoms with Crippen molar-refractivity contribution in [3.8, 4) is 5.75 Å². The molecule has 0 aromatic heterocycles. The number of rotatable bonds is 5. The lowest BCUT2D eigenvalue weighted by molar-refractivity contribution is -0.153. The van der Waals surface area contributed by atoms with Crippen molar-refractivity contribution in [3.63, 3.8) is 0 Å². The maximum Gasteiger partial charge on any atom is 0.422 e. The van der Waals surface area contributed by atoms with E-state index in [1.165, 1.54) is 6.07 Å². The highest BCUT2D eigenvalue weighted by molar-refractivity contribution is 5.57. The first-order valence-corrected chi connectivity index (χ1v) is 4.90. The molecule has 0 aliphatic carbocycles. The first-order chi connectivity index (χ1) is 7.92. The highest BCUT2D eigenvalue weighted by Gasteiger charge is 2.28. The summed E-state index contributed by atoms with van der Waals surface area (Å²) in [6, 6.07) is 4.84. The fraction of sp³-hybridized carbons (Fsp3) is 0.400. The molecule has 0 saturated carbocycles. The Morgan fingerprint density at radius 3 is 2.65 bits per heavy atom. The molecule has 0 saturated heterocycles. The van der Waals surface area contributed by atoms with E-state index in [1.54, 1.807) is 12.1 Å². The lowest BCUT2D eigenvalue weighted by atomic mass is 10.2. The van der Waals surface area contributed by atoms with Crippen molar-refractivity contribution in [3.05, 3.63) is 23.8 Å². The fourth-order valence-corrected chi connectivity index (χ4v) is 1.21. The van der Waals surface area contributed by atoms with E-state index in [0.29, 0.717) is 5.69 Å². The van der Waals surface area contributed by atoms with Gasteiger partial charge in [-0.15, -0.1) is 0 Å². The van der Waals surface area contributed by atoms with Crippen LogP contribution in [0, 0.1) is 6.92 Å². The monoisotopic (exact) mass is 249 g/mol. The van der Waals surface area contributed by atoms with Crippen LogP contribution in [0.4, 0.5) is 18.9 Å². The van der Waals surface area contributed by atoms with E-state index in [2.05, 4.69) is 10.7 Å². The van der Waals surface area contributed by atoms with Gasteiger partial charge in [-0.2, -0.15) is 13.2 Å². The van der Waals surface area contributed by atoms with Crippen molar-refractivity contribution in [2.24, 2.45) is 5.84 Å². The molecule has 0 radical (unpaired) electrons.